The predicted octanol–water partition coefficient (Wildman–Crippen LogP) is 23.7. The van der Waals surface area contributed by atoms with E-state index in [2.05, 4.69) is 48.5 Å². The Morgan fingerprint density at radius 2 is 0.465 bits per heavy atom. The molecule has 0 saturated carbocycles. The number of unbranched alkanes of at least 4 members (excludes halogenated alkanes) is 46. The van der Waals surface area contributed by atoms with Gasteiger partial charge in [-0.15, -0.1) is 0 Å². The van der Waals surface area contributed by atoms with Crippen molar-refractivity contribution in [1.29, 1.82) is 0 Å². The second-order valence-corrected chi connectivity index (χ2v) is 33.1. The van der Waals surface area contributed by atoms with Crippen LogP contribution in [0.25, 0.3) is 0 Å². The van der Waals surface area contributed by atoms with E-state index in [1.54, 1.807) is 0 Å². The quantitative estimate of drug-likeness (QED) is 0.0222. The molecule has 99 heavy (non-hydrogen) atoms. The molecule has 0 aromatic heterocycles. The third kappa shape index (κ3) is 74.1. The van der Waals surface area contributed by atoms with E-state index in [4.69, 9.17) is 37.0 Å². The van der Waals surface area contributed by atoms with Gasteiger partial charge in [-0.1, -0.05) is 363 Å². The highest BCUT2D eigenvalue weighted by molar-refractivity contribution is 7.47. The maximum Gasteiger partial charge on any atom is 0.472 e. The topological polar surface area (TPSA) is 237 Å². The summed E-state index contributed by atoms with van der Waals surface area (Å²) in [5.74, 6) is 0.188. The summed E-state index contributed by atoms with van der Waals surface area (Å²) in [6, 6.07) is 0. The molecule has 0 aliphatic heterocycles. The fourth-order valence-corrected chi connectivity index (χ4v) is 13.9. The summed E-state index contributed by atoms with van der Waals surface area (Å²) in [6.45, 7) is 11.9. The van der Waals surface area contributed by atoms with Crippen molar-refractivity contribution in [2.75, 3.05) is 39.6 Å². The van der Waals surface area contributed by atoms with Gasteiger partial charge >= 0.3 is 39.5 Å². The van der Waals surface area contributed by atoms with E-state index >= 15 is 0 Å². The lowest BCUT2D eigenvalue weighted by Gasteiger charge is -2.21. The number of carbonyl (C=O) groups is 4. The maximum absolute atomic E-state index is 13.1. The van der Waals surface area contributed by atoms with Crippen molar-refractivity contribution < 1.29 is 80.2 Å². The minimum absolute atomic E-state index is 0.106. The van der Waals surface area contributed by atoms with Gasteiger partial charge in [0, 0.05) is 25.7 Å². The smallest absolute Gasteiger partial charge is 0.462 e. The van der Waals surface area contributed by atoms with Gasteiger partial charge in [-0.05, 0) is 43.4 Å². The highest BCUT2D eigenvalue weighted by Gasteiger charge is 2.30. The van der Waals surface area contributed by atoms with Crippen molar-refractivity contribution in [3.8, 4) is 0 Å². The normalized spacial score (nSPS) is 14.0. The first-order chi connectivity index (χ1) is 47.7. The number of phosphoric ester groups is 2. The average molecular weight is 1450 g/mol. The summed E-state index contributed by atoms with van der Waals surface area (Å²) < 4.78 is 68.6. The van der Waals surface area contributed by atoms with Crippen LogP contribution in [0.2, 0.25) is 0 Å². The van der Waals surface area contributed by atoms with Gasteiger partial charge in [-0.25, -0.2) is 9.13 Å². The van der Waals surface area contributed by atoms with Crippen molar-refractivity contribution in [2.24, 2.45) is 17.8 Å². The molecule has 0 radical (unpaired) electrons. The average Bonchev–Trinajstić information content (AvgIpc) is 1.04. The molecule has 19 heteroatoms. The number of phosphoric acid groups is 2. The van der Waals surface area contributed by atoms with Crippen LogP contribution in [0.3, 0.4) is 0 Å². The molecule has 0 fully saturated rings. The van der Waals surface area contributed by atoms with E-state index in [0.717, 1.165) is 108 Å². The number of carbonyl (C=O) groups excluding carboxylic acids is 4. The number of ether oxygens (including phenoxy) is 4. The largest absolute Gasteiger partial charge is 0.472 e. The molecule has 0 rings (SSSR count). The van der Waals surface area contributed by atoms with E-state index in [9.17, 15) is 43.2 Å². The van der Waals surface area contributed by atoms with E-state index in [1.807, 2.05) is 0 Å². The monoisotopic (exact) mass is 1450 g/mol. The molecule has 17 nitrogen and oxygen atoms in total. The van der Waals surface area contributed by atoms with Gasteiger partial charge in [0.15, 0.2) is 12.2 Å². The van der Waals surface area contributed by atoms with Crippen molar-refractivity contribution in [3.63, 3.8) is 0 Å². The van der Waals surface area contributed by atoms with Gasteiger partial charge in [0.25, 0.3) is 0 Å². The van der Waals surface area contributed by atoms with Crippen LogP contribution >= 0.6 is 15.6 Å². The molecule has 0 saturated heterocycles. The Kier molecular flexibility index (Phi) is 69.0. The minimum Gasteiger partial charge on any atom is -0.462 e. The Morgan fingerprint density at radius 1 is 0.273 bits per heavy atom. The van der Waals surface area contributed by atoms with Crippen LogP contribution in [0, 0.1) is 17.8 Å². The molecular weight excluding hydrogens is 1290 g/mol. The highest BCUT2D eigenvalue weighted by atomic mass is 31.2. The first kappa shape index (κ1) is 97.1. The van der Waals surface area contributed by atoms with Crippen LogP contribution in [-0.2, 0) is 65.4 Å². The third-order valence-electron chi connectivity index (χ3n) is 18.6. The number of hydrogen-bond donors (Lipinski definition) is 3. The first-order valence-electron chi connectivity index (χ1n) is 41.3. The third-order valence-corrected chi connectivity index (χ3v) is 20.5. The highest BCUT2D eigenvalue weighted by Crippen LogP contribution is 2.45. The van der Waals surface area contributed by atoms with Crippen molar-refractivity contribution in [1.82, 2.24) is 0 Å². The molecule has 0 bridgehead atoms. The SMILES string of the molecule is CCCCCCCCCCCCCCC(=O)O[C@H](COC(=O)CCCCCCCCC(C)C)COP(=O)(O)OC[C@H](O)COP(=O)(O)OC[C@@H](COC(=O)CCCCCCCCCCCCCCCCCCC(C)C)OC(=O)CCCCCCCCCCCCCCCCCCC(C)C. The van der Waals surface area contributed by atoms with Crippen LogP contribution in [0.5, 0.6) is 0 Å². The van der Waals surface area contributed by atoms with Gasteiger partial charge in [0.05, 0.1) is 26.4 Å². The Morgan fingerprint density at radius 3 is 0.687 bits per heavy atom. The predicted molar refractivity (Wildman–Crippen MR) is 405 cm³/mol. The van der Waals surface area contributed by atoms with Crippen molar-refractivity contribution in [3.05, 3.63) is 0 Å². The summed E-state index contributed by atoms with van der Waals surface area (Å²) >= 11 is 0. The molecule has 2 unspecified atom stereocenters. The summed E-state index contributed by atoms with van der Waals surface area (Å²) in [7, 11) is -9.92. The van der Waals surface area contributed by atoms with Crippen LogP contribution in [0.4, 0.5) is 0 Å². The molecule has 0 spiro atoms. The molecule has 0 aromatic rings. The Balaban J connectivity index is 5.21. The van der Waals surface area contributed by atoms with Crippen molar-refractivity contribution in [2.45, 2.75) is 433 Å². The van der Waals surface area contributed by atoms with E-state index in [-0.39, 0.29) is 25.7 Å². The van der Waals surface area contributed by atoms with Crippen LogP contribution in [0.1, 0.15) is 414 Å². The second kappa shape index (κ2) is 70.4. The number of esters is 4. The first-order valence-corrected chi connectivity index (χ1v) is 44.3. The minimum atomic E-state index is -4.96. The lowest BCUT2D eigenvalue weighted by atomic mass is 10.0. The standard InChI is InChI=1S/C80H156O17P2/c1-8-9-10-11-12-13-14-29-35-40-49-56-63-79(84)97-76(68-91-78(83)62-55-48-43-42-46-53-60-73(6)7)70-95-99(88,89)93-66-74(81)65-92-98(86,87)94-69-75(96-80(85)64-57-50-41-36-31-26-22-18-16-20-24-28-33-38-45-52-59-72(4)5)67-90-77(82)61-54-47-39-34-30-25-21-17-15-19-23-27-32-37-44-51-58-71(2)3/h71-76,81H,8-70H2,1-7H3,(H,86,87)(H,88,89)/t74-,75-,76-/m1/s1. The zero-order valence-corrected chi connectivity index (χ0v) is 66.8. The summed E-state index contributed by atoms with van der Waals surface area (Å²) in [5.41, 5.74) is 0. The van der Waals surface area contributed by atoms with Gasteiger partial charge in [0.2, 0.25) is 0 Å². The number of rotatable bonds is 78. The number of hydrogen-bond acceptors (Lipinski definition) is 15. The molecule has 0 aliphatic rings. The van der Waals surface area contributed by atoms with Gasteiger partial charge < -0.3 is 33.8 Å². The molecule has 0 amide bonds. The van der Waals surface area contributed by atoms with Gasteiger partial charge in [-0.3, -0.25) is 37.3 Å². The second-order valence-electron chi connectivity index (χ2n) is 30.2. The molecule has 0 aromatic carbocycles. The lowest BCUT2D eigenvalue weighted by Crippen LogP contribution is -2.30. The molecular formula is C80H156O17P2. The van der Waals surface area contributed by atoms with Crippen molar-refractivity contribution >= 4 is 39.5 Å². The molecule has 5 atom stereocenters. The van der Waals surface area contributed by atoms with Gasteiger partial charge in [0.1, 0.15) is 19.3 Å². The summed E-state index contributed by atoms with van der Waals surface area (Å²) in [4.78, 5) is 72.9. The fraction of sp³-hybridized carbons (Fsp3) is 0.950. The van der Waals surface area contributed by atoms with Crippen LogP contribution < -0.4 is 0 Å². The lowest BCUT2D eigenvalue weighted by molar-refractivity contribution is -0.161. The van der Waals surface area contributed by atoms with Gasteiger partial charge in [-0.2, -0.15) is 0 Å². The molecule has 0 aliphatic carbocycles. The van der Waals surface area contributed by atoms with Crippen LogP contribution in [0.15, 0.2) is 0 Å². The Bertz CT molecular complexity index is 1920. The number of aliphatic hydroxyl groups is 1. The van der Waals surface area contributed by atoms with Crippen LogP contribution in [-0.4, -0.2) is 96.7 Å². The molecule has 3 N–H and O–H groups in total. The van der Waals surface area contributed by atoms with E-state index < -0.39 is 97.5 Å². The van der Waals surface area contributed by atoms with E-state index in [1.165, 1.54) is 218 Å². The molecule has 0 heterocycles. The summed E-state index contributed by atoms with van der Waals surface area (Å²) in [5, 5.41) is 10.6. The van der Waals surface area contributed by atoms with E-state index in [0.29, 0.717) is 31.6 Å². The Hall–Kier alpha value is -1.94. The summed E-state index contributed by atoms with van der Waals surface area (Å²) in [6.07, 6.45) is 58.5. The number of aliphatic hydroxyl groups excluding tert-OH is 1. The fourth-order valence-electron chi connectivity index (χ4n) is 12.3. The Labute approximate surface area is 607 Å². The zero-order valence-electron chi connectivity index (χ0n) is 65.0. The molecule has 588 valence electrons. The zero-order chi connectivity index (χ0) is 73.0. The maximum atomic E-state index is 13.1.